The number of piperazine rings is 1. The number of nitrogens with zero attached hydrogens (tertiary/aromatic N) is 2. The highest BCUT2D eigenvalue weighted by molar-refractivity contribution is 5.86. The molecule has 0 radical (unpaired) electrons. The van der Waals surface area contributed by atoms with Crippen molar-refractivity contribution in [2.24, 2.45) is 5.73 Å². The molecule has 1 aromatic rings. The van der Waals surface area contributed by atoms with Crippen LogP contribution in [0.15, 0.2) is 30.3 Å². The molecular formula is C18H33Cl3N4O2. The van der Waals surface area contributed by atoms with E-state index in [1.807, 2.05) is 0 Å². The molecule has 158 valence electrons. The molecule has 1 aliphatic rings. The fourth-order valence-corrected chi connectivity index (χ4v) is 2.91. The second-order valence-electron chi connectivity index (χ2n) is 6.25. The first-order valence-electron chi connectivity index (χ1n) is 8.69. The summed E-state index contributed by atoms with van der Waals surface area (Å²) < 4.78 is 5.13. The zero-order valence-corrected chi connectivity index (χ0v) is 18.3. The van der Waals surface area contributed by atoms with Crippen molar-refractivity contribution in [3.63, 3.8) is 0 Å². The van der Waals surface area contributed by atoms with E-state index in [2.05, 4.69) is 45.4 Å². The van der Waals surface area contributed by atoms with Gasteiger partial charge in [-0.25, -0.2) is 0 Å². The fraction of sp³-hybridized carbons (Fsp3) is 0.611. The number of hydrogen-bond donors (Lipinski definition) is 2. The van der Waals surface area contributed by atoms with Crippen molar-refractivity contribution >= 4 is 43.1 Å². The van der Waals surface area contributed by atoms with Crippen molar-refractivity contribution in [2.45, 2.75) is 19.1 Å². The van der Waals surface area contributed by atoms with Gasteiger partial charge in [0.05, 0.1) is 12.5 Å². The normalized spacial score (nSPS) is 15.6. The molecule has 1 aromatic carbocycles. The fourth-order valence-electron chi connectivity index (χ4n) is 2.91. The molecule has 1 aliphatic heterocycles. The van der Waals surface area contributed by atoms with Crippen LogP contribution in [0.4, 0.5) is 0 Å². The maximum absolute atomic E-state index is 11.8. The molecule has 1 amide bonds. The molecule has 1 fully saturated rings. The second kappa shape index (κ2) is 16.4. The van der Waals surface area contributed by atoms with E-state index in [1.165, 1.54) is 5.56 Å². The van der Waals surface area contributed by atoms with E-state index in [9.17, 15) is 4.79 Å². The number of rotatable bonds is 9. The maximum Gasteiger partial charge on any atom is 0.222 e. The van der Waals surface area contributed by atoms with Gasteiger partial charge in [0.15, 0.2) is 0 Å². The Balaban J connectivity index is 0. The van der Waals surface area contributed by atoms with E-state index >= 15 is 0 Å². The lowest BCUT2D eigenvalue weighted by molar-refractivity contribution is -0.123. The number of amides is 1. The Hall–Kier alpha value is -0.600. The molecule has 0 spiro atoms. The first kappa shape index (κ1) is 28.6. The van der Waals surface area contributed by atoms with Crippen LogP contribution in [0.3, 0.4) is 0 Å². The van der Waals surface area contributed by atoms with Crippen LogP contribution in [-0.2, 0) is 16.1 Å². The molecule has 1 saturated heterocycles. The van der Waals surface area contributed by atoms with Gasteiger partial charge in [0, 0.05) is 59.5 Å². The molecule has 6 nitrogen and oxygen atoms in total. The monoisotopic (exact) mass is 442 g/mol. The molecule has 3 N–H and O–H groups in total. The third-order valence-corrected chi connectivity index (χ3v) is 4.47. The van der Waals surface area contributed by atoms with Gasteiger partial charge in [-0.3, -0.25) is 14.6 Å². The first-order chi connectivity index (χ1) is 11.7. The van der Waals surface area contributed by atoms with Gasteiger partial charge in [0.1, 0.15) is 0 Å². The van der Waals surface area contributed by atoms with Crippen LogP contribution in [0.1, 0.15) is 12.0 Å². The minimum Gasteiger partial charge on any atom is -0.380 e. The van der Waals surface area contributed by atoms with Gasteiger partial charge in [-0.2, -0.15) is 0 Å². The molecule has 1 unspecified atom stereocenters. The largest absolute Gasteiger partial charge is 0.380 e. The van der Waals surface area contributed by atoms with Gasteiger partial charge in [0.25, 0.3) is 0 Å². The van der Waals surface area contributed by atoms with Crippen LogP contribution in [0.25, 0.3) is 0 Å². The molecule has 0 aliphatic carbocycles. The van der Waals surface area contributed by atoms with Gasteiger partial charge in [-0.15, -0.1) is 37.2 Å². The lowest BCUT2D eigenvalue weighted by Gasteiger charge is -2.34. The lowest BCUT2D eigenvalue weighted by Crippen LogP contribution is -2.48. The first-order valence-corrected chi connectivity index (χ1v) is 8.69. The topological polar surface area (TPSA) is 70.8 Å². The summed E-state index contributed by atoms with van der Waals surface area (Å²) in [4.78, 5) is 16.7. The van der Waals surface area contributed by atoms with E-state index in [0.717, 1.165) is 39.3 Å². The number of benzene rings is 1. The quantitative estimate of drug-likeness (QED) is 0.606. The van der Waals surface area contributed by atoms with Gasteiger partial charge >= 0.3 is 0 Å². The van der Waals surface area contributed by atoms with Gasteiger partial charge in [0.2, 0.25) is 5.91 Å². The molecule has 0 bridgehead atoms. The zero-order chi connectivity index (χ0) is 17.2. The van der Waals surface area contributed by atoms with Crippen LogP contribution in [0.5, 0.6) is 0 Å². The predicted octanol–water partition coefficient (Wildman–Crippen LogP) is 1.55. The zero-order valence-electron chi connectivity index (χ0n) is 15.8. The Labute approximate surface area is 181 Å². The SMILES string of the molecule is COC(CN)CC(=O)NCCN1CCN(Cc2ccccc2)CC1.Cl.Cl.Cl. The number of nitrogens with one attached hydrogen (secondary N) is 1. The third-order valence-electron chi connectivity index (χ3n) is 4.47. The Morgan fingerprint density at radius 1 is 1.11 bits per heavy atom. The van der Waals surface area contributed by atoms with Crippen molar-refractivity contribution < 1.29 is 9.53 Å². The van der Waals surface area contributed by atoms with Crippen molar-refractivity contribution in [3.05, 3.63) is 35.9 Å². The average Bonchev–Trinajstić information content (AvgIpc) is 2.62. The smallest absolute Gasteiger partial charge is 0.222 e. The van der Waals surface area contributed by atoms with Crippen LogP contribution < -0.4 is 11.1 Å². The number of methoxy groups -OCH3 is 1. The lowest BCUT2D eigenvalue weighted by atomic mass is 10.2. The summed E-state index contributed by atoms with van der Waals surface area (Å²) in [5.41, 5.74) is 6.89. The van der Waals surface area contributed by atoms with Gasteiger partial charge in [-0.05, 0) is 5.56 Å². The molecule has 1 atom stereocenters. The summed E-state index contributed by atoms with van der Waals surface area (Å²) in [5.74, 6) is 0.00927. The van der Waals surface area contributed by atoms with Gasteiger partial charge < -0.3 is 15.8 Å². The maximum atomic E-state index is 11.8. The van der Waals surface area contributed by atoms with E-state index in [4.69, 9.17) is 10.5 Å². The minimum atomic E-state index is -0.188. The third kappa shape index (κ3) is 11.1. The summed E-state index contributed by atoms with van der Waals surface area (Å²) in [6.45, 7) is 7.20. The Morgan fingerprint density at radius 3 is 2.26 bits per heavy atom. The Bertz CT molecular complexity index is 485. The van der Waals surface area contributed by atoms with Crippen LogP contribution in [0, 0.1) is 0 Å². The van der Waals surface area contributed by atoms with E-state index in [1.54, 1.807) is 7.11 Å². The summed E-state index contributed by atoms with van der Waals surface area (Å²) in [7, 11) is 1.58. The number of hydrogen-bond acceptors (Lipinski definition) is 5. The standard InChI is InChI=1S/C18H30N4O2.3ClH/c1-24-17(14-19)13-18(23)20-7-8-21-9-11-22(12-10-21)15-16-5-3-2-4-6-16;;;/h2-6,17H,7-15,19H2,1H3,(H,20,23);3*1H. The highest BCUT2D eigenvalue weighted by Gasteiger charge is 2.17. The van der Waals surface area contributed by atoms with Gasteiger partial charge in [-0.1, -0.05) is 30.3 Å². The summed E-state index contributed by atoms with van der Waals surface area (Å²) in [5, 5.41) is 2.95. The Kier molecular flexibility index (Phi) is 17.3. The molecule has 9 heteroatoms. The summed E-state index contributed by atoms with van der Waals surface area (Å²) in [6, 6.07) is 10.6. The van der Waals surface area contributed by atoms with Crippen LogP contribution in [0.2, 0.25) is 0 Å². The van der Waals surface area contributed by atoms with E-state index < -0.39 is 0 Å². The minimum absolute atomic E-state index is 0. The Morgan fingerprint density at radius 2 is 1.70 bits per heavy atom. The number of carbonyl (C=O) groups is 1. The number of carbonyl (C=O) groups excluding carboxylic acids is 1. The van der Waals surface area contributed by atoms with Crippen molar-refractivity contribution in [1.29, 1.82) is 0 Å². The van der Waals surface area contributed by atoms with Crippen molar-refractivity contribution in [3.8, 4) is 0 Å². The molecule has 0 aromatic heterocycles. The second-order valence-corrected chi connectivity index (χ2v) is 6.25. The average molecular weight is 444 g/mol. The molecule has 1 heterocycles. The van der Waals surface area contributed by atoms with E-state index in [-0.39, 0.29) is 49.2 Å². The van der Waals surface area contributed by atoms with Crippen LogP contribution >= 0.6 is 37.2 Å². The molecule has 0 saturated carbocycles. The highest BCUT2D eigenvalue weighted by Crippen LogP contribution is 2.08. The number of ether oxygens (including phenoxy) is 1. The van der Waals surface area contributed by atoms with Crippen molar-refractivity contribution in [2.75, 3.05) is 52.9 Å². The predicted molar refractivity (Wildman–Crippen MR) is 117 cm³/mol. The number of halogens is 3. The van der Waals surface area contributed by atoms with Crippen LogP contribution in [-0.4, -0.2) is 74.7 Å². The van der Waals surface area contributed by atoms with E-state index in [0.29, 0.717) is 19.5 Å². The molecule has 2 rings (SSSR count). The number of nitrogens with two attached hydrogens (primary N) is 1. The highest BCUT2D eigenvalue weighted by atomic mass is 35.5. The summed E-state index contributed by atoms with van der Waals surface area (Å²) in [6.07, 6.45) is 0.143. The molecule has 27 heavy (non-hydrogen) atoms. The molecular weight excluding hydrogens is 411 g/mol. The summed E-state index contributed by atoms with van der Waals surface area (Å²) >= 11 is 0. The van der Waals surface area contributed by atoms with Crippen molar-refractivity contribution in [1.82, 2.24) is 15.1 Å².